The molecule has 0 saturated carbocycles. The van der Waals surface area contributed by atoms with Gasteiger partial charge in [-0.25, -0.2) is 12.8 Å². The van der Waals surface area contributed by atoms with Gasteiger partial charge in [-0.2, -0.15) is 0 Å². The van der Waals surface area contributed by atoms with Crippen LogP contribution in [0.3, 0.4) is 0 Å². The van der Waals surface area contributed by atoms with Crippen molar-refractivity contribution < 1.29 is 17.5 Å². The molecule has 176 valence electrons. The molecule has 0 spiro atoms. The summed E-state index contributed by atoms with van der Waals surface area (Å²) in [4.78, 5) is 2.24. The molecular formula is C26H36FNO3S. The van der Waals surface area contributed by atoms with Crippen LogP contribution in [0.4, 0.5) is 10.1 Å². The number of aryl methyl sites for hydroxylation is 2. The van der Waals surface area contributed by atoms with Crippen LogP contribution in [0.25, 0.3) is 0 Å². The molecule has 1 heterocycles. The summed E-state index contributed by atoms with van der Waals surface area (Å²) in [6, 6.07) is 11.6. The second-order valence-electron chi connectivity index (χ2n) is 9.22. The summed E-state index contributed by atoms with van der Waals surface area (Å²) in [5, 5.41) is -0.384. The molecule has 4 nitrogen and oxygen atoms in total. The lowest BCUT2D eigenvalue weighted by atomic mass is 9.98. The van der Waals surface area contributed by atoms with E-state index in [1.165, 1.54) is 0 Å². The third kappa shape index (κ3) is 5.90. The van der Waals surface area contributed by atoms with E-state index in [1.807, 2.05) is 37.3 Å². The van der Waals surface area contributed by atoms with Crippen LogP contribution in [-0.4, -0.2) is 39.0 Å². The van der Waals surface area contributed by atoms with Gasteiger partial charge in [0.25, 0.3) is 0 Å². The summed E-state index contributed by atoms with van der Waals surface area (Å²) < 4.78 is 45.5. The van der Waals surface area contributed by atoms with E-state index in [0.717, 1.165) is 41.0 Å². The van der Waals surface area contributed by atoms with Gasteiger partial charge >= 0.3 is 0 Å². The Labute approximate surface area is 192 Å². The predicted octanol–water partition coefficient (Wildman–Crippen LogP) is 5.11. The molecule has 0 amide bonds. The third-order valence-electron chi connectivity index (χ3n) is 6.20. The van der Waals surface area contributed by atoms with E-state index in [1.54, 1.807) is 13.8 Å². The molecule has 2 aromatic rings. The van der Waals surface area contributed by atoms with Crippen molar-refractivity contribution >= 4 is 15.5 Å². The quantitative estimate of drug-likeness (QED) is 0.548. The first kappa shape index (κ1) is 24.7. The summed E-state index contributed by atoms with van der Waals surface area (Å²) in [5.74, 6) is -0.0453. The number of nitrogens with zero attached hydrogens (tertiary/aromatic N) is 1. The highest BCUT2D eigenvalue weighted by atomic mass is 32.2. The van der Waals surface area contributed by atoms with Gasteiger partial charge in [0.05, 0.1) is 23.2 Å². The number of morpholine rings is 1. The standard InChI is InChI=1S/C26H36FNO3S/c1-6-24-25(28-15-19(4)31-20(5)16-28)14-13-23(26(24)27)12-11-21-7-9-22(10-8-21)17-32(29,30)18(2)3/h7-10,13-14,18-20H,6,11-12,15-17H2,1-5H3/t19-,20+. The first-order valence-corrected chi connectivity index (χ1v) is 13.3. The highest BCUT2D eigenvalue weighted by molar-refractivity contribution is 7.91. The Bertz CT molecular complexity index is 1010. The average Bonchev–Trinajstić information content (AvgIpc) is 2.72. The fourth-order valence-electron chi connectivity index (χ4n) is 4.34. The lowest BCUT2D eigenvalue weighted by Crippen LogP contribution is -2.46. The van der Waals surface area contributed by atoms with Crippen molar-refractivity contribution in [3.05, 3.63) is 64.5 Å². The highest BCUT2D eigenvalue weighted by Crippen LogP contribution is 2.29. The molecule has 6 heteroatoms. The van der Waals surface area contributed by atoms with E-state index >= 15 is 4.39 Å². The number of halogens is 1. The SMILES string of the molecule is CCc1c(N2C[C@@H](C)O[C@@H](C)C2)ccc(CCc2ccc(CS(=O)(=O)C(C)C)cc2)c1F. The Morgan fingerprint density at radius 1 is 1.00 bits per heavy atom. The summed E-state index contributed by atoms with van der Waals surface area (Å²) in [6.07, 6.45) is 2.23. The van der Waals surface area contributed by atoms with E-state index < -0.39 is 9.84 Å². The summed E-state index contributed by atoms with van der Waals surface area (Å²) in [5.41, 5.74) is 4.35. The Morgan fingerprint density at radius 3 is 2.16 bits per heavy atom. The van der Waals surface area contributed by atoms with Crippen molar-refractivity contribution in [3.8, 4) is 0 Å². The zero-order valence-electron chi connectivity index (χ0n) is 19.9. The molecule has 0 N–H and O–H groups in total. The molecule has 2 atom stereocenters. The topological polar surface area (TPSA) is 46.6 Å². The van der Waals surface area contributed by atoms with Crippen LogP contribution in [0.2, 0.25) is 0 Å². The van der Waals surface area contributed by atoms with Crippen molar-refractivity contribution in [2.24, 2.45) is 0 Å². The normalized spacial score (nSPS) is 19.5. The minimum absolute atomic E-state index is 0.0552. The number of hydrogen-bond donors (Lipinski definition) is 0. The largest absolute Gasteiger partial charge is 0.372 e. The third-order valence-corrected chi connectivity index (χ3v) is 8.38. The fraction of sp³-hybridized carbons (Fsp3) is 0.538. The van der Waals surface area contributed by atoms with Crippen LogP contribution in [-0.2, 0) is 39.6 Å². The van der Waals surface area contributed by atoms with Gasteiger partial charge in [-0.15, -0.1) is 0 Å². The molecule has 1 aliphatic heterocycles. The molecule has 0 radical (unpaired) electrons. The van der Waals surface area contributed by atoms with Gasteiger partial charge in [-0.1, -0.05) is 37.3 Å². The molecule has 0 aromatic heterocycles. The van der Waals surface area contributed by atoms with Gasteiger partial charge in [0.2, 0.25) is 0 Å². The second-order valence-corrected chi connectivity index (χ2v) is 11.8. The number of anilines is 1. The molecule has 1 aliphatic rings. The van der Waals surface area contributed by atoms with Gasteiger partial charge < -0.3 is 9.64 Å². The lowest BCUT2D eigenvalue weighted by Gasteiger charge is -2.38. The molecule has 3 rings (SSSR count). The number of sulfone groups is 1. The first-order chi connectivity index (χ1) is 15.1. The average molecular weight is 462 g/mol. The van der Waals surface area contributed by atoms with Gasteiger partial charge in [-0.05, 0) is 69.7 Å². The van der Waals surface area contributed by atoms with Crippen LogP contribution in [0, 0.1) is 5.82 Å². The minimum Gasteiger partial charge on any atom is -0.372 e. The predicted molar refractivity (Wildman–Crippen MR) is 130 cm³/mol. The fourth-order valence-corrected chi connectivity index (χ4v) is 5.33. The minimum atomic E-state index is -3.11. The Kier molecular flexibility index (Phi) is 7.99. The highest BCUT2D eigenvalue weighted by Gasteiger charge is 2.25. The zero-order chi connectivity index (χ0) is 23.5. The summed E-state index contributed by atoms with van der Waals surface area (Å²) >= 11 is 0. The molecule has 32 heavy (non-hydrogen) atoms. The number of ether oxygens (including phenoxy) is 1. The van der Waals surface area contributed by atoms with E-state index in [0.29, 0.717) is 19.3 Å². The Hall–Kier alpha value is -1.92. The molecule has 0 unspecified atom stereocenters. The molecular weight excluding hydrogens is 425 g/mol. The number of rotatable bonds is 8. The number of hydrogen-bond acceptors (Lipinski definition) is 4. The monoisotopic (exact) mass is 461 g/mol. The van der Waals surface area contributed by atoms with Crippen LogP contribution >= 0.6 is 0 Å². The summed E-state index contributed by atoms with van der Waals surface area (Å²) in [7, 11) is -3.11. The van der Waals surface area contributed by atoms with Gasteiger partial charge in [-0.3, -0.25) is 0 Å². The van der Waals surface area contributed by atoms with E-state index in [9.17, 15) is 8.42 Å². The maximum atomic E-state index is 15.4. The molecule has 0 bridgehead atoms. The maximum Gasteiger partial charge on any atom is 0.156 e. The number of benzene rings is 2. The Balaban J connectivity index is 1.70. The summed E-state index contributed by atoms with van der Waals surface area (Å²) in [6.45, 7) is 11.1. The van der Waals surface area contributed by atoms with Crippen LogP contribution in [0.15, 0.2) is 36.4 Å². The van der Waals surface area contributed by atoms with Crippen LogP contribution in [0.5, 0.6) is 0 Å². The second kappa shape index (κ2) is 10.3. The van der Waals surface area contributed by atoms with Crippen molar-refractivity contribution in [2.45, 2.75) is 77.1 Å². The van der Waals surface area contributed by atoms with Crippen molar-refractivity contribution in [1.82, 2.24) is 0 Å². The van der Waals surface area contributed by atoms with Crippen LogP contribution in [0.1, 0.15) is 56.9 Å². The molecule has 1 fully saturated rings. The van der Waals surface area contributed by atoms with E-state index in [-0.39, 0.29) is 29.0 Å². The van der Waals surface area contributed by atoms with Gasteiger partial charge in [0.15, 0.2) is 9.84 Å². The molecule has 0 aliphatic carbocycles. The molecule has 1 saturated heterocycles. The first-order valence-electron chi connectivity index (χ1n) is 11.6. The maximum absolute atomic E-state index is 15.4. The lowest BCUT2D eigenvalue weighted by molar-refractivity contribution is -0.00528. The van der Waals surface area contributed by atoms with Crippen molar-refractivity contribution in [2.75, 3.05) is 18.0 Å². The smallest absolute Gasteiger partial charge is 0.156 e. The van der Waals surface area contributed by atoms with E-state index in [2.05, 4.69) is 24.8 Å². The molecule has 2 aromatic carbocycles. The van der Waals surface area contributed by atoms with Crippen molar-refractivity contribution in [3.63, 3.8) is 0 Å². The van der Waals surface area contributed by atoms with Gasteiger partial charge in [0, 0.05) is 24.3 Å². The van der Waals surface area contributed by atoms with Crippen molar-refractivity contribution in [1.29, 1.82) is 0 Å². The van der Waals surface area contributed by atoms with Crippen LogP contribution < -0.4 is 4.90 Å². The van der Waals surface area contributed by atoms with Gasteiger partial charge in [0.1, 0.15) is 5.82 Å². The zero-order valence-corrected chi connectivity index (χ0v) is 20.7. The Morgan fingerprint density at radius 2 is 1.59 bits per heavy atom. The van der Waals surface area contributed by atoms with E-state index in [4.69, 9.17) is 4.74 Å².